The second-order valence-electron chi connectivity index (χ2n) is 8.74. The van der Waals surface area contributed by atoms with Gasteiger partial charge in [0.15, 0.2) is 0 Å². The van der Waals surface area contributed by atoms with E-state index in [0.29, 0.717) is 11.6 Å². The summed E-state index contributed by atoms with van der Waals surface area (Å²) in [5.41, 5.74) is 3.78. The Labute approximate surface area is 212 Å². The number of halogens is 1. The summed E-state index contributed by atoms with van der Waals surface area (Å²) < 4.78 is 13.1. The third-order valence-corrected chi connectivity index (χ3v) is 5.79. The molecule has 0 radical (unpaired) electrons. The van der Waals surface area contributed by atoms with Gasteiger partial charge in [0.25, 0.3) is 0 Å². The molecule has 0 aliphatic carbocycles. The fourth-order valence-corrected chi connectivity index (χ4v) is 3.92. The number of rotatable bonds is 13. The van der Waals surface area contributed by atoms with Gasteiger partial charge in [-0.3, -0.25) is 14.8 Å². The zero-order valence-corrected chi connectivity index (χ0v) is 20.5. The molecule has 0 bridgehead atoms. The molecular formula is C30H34FN3O2. The number of hydrogen-bond acceptors (Lipinski definition) is 4. The topological polar surface area (TPSA) is 74.0 Å². The standard InChI is InChI=1S/C30H34FN3O2/c31-27-13-15-28(16-14-27)34-30(36)12-8-11-26(17-19-32-18-6-1-2-7-20-35)29-22-25(23-33-29)21-24-9-4-3-5-10-24/h3-5,8-19,25,35H,1-2,6-7,20-23H2,(H,34,36)/b12-8+,19-17+,26-11+,32-18+. The van der Waals surface area contributed by atoms with Crippen LogP contribution in [0, 0.1) is 11.7 Å². The van der Waals surface area contributed by atoms with Crippen molar-refractivity contribution in [1.29, 1.82) is 0 Å². The summed E-state index contributed by atoms with van der Waals surface area (Å²) in [5, 5.41) is 11.6. The van der Waals surface area contributed by atoms with Crippen molar-refractivity contribution in [1.82, 2.24) is 0 Å². The Morgan fingerprint density at radius 3 is 2.67 bits per heavy atom. The summed E-state index contributed by atoms with van der Waals surface area (Å²) in [5.74, 6) is -0.198. The summed E-state index contributed by atoms with van der Waals surface area (Å²) in [6.07, 6.45) is 16.1. The van der Waals surface area contributed by atoms with Gasteiger partial charge >= 0.3 is 0 Å². The van der Waals surface area contributed by atoms with Gasteiger partial charge in [-0.2, -0.15) is 0 Å². The van der Waals surface area contributed by atoms with E-state index in [1.165, 1.54) is 35.9 Å². The van der Waals surface area contributed by atoms with Crippen LogP contribution in [-0.4, -0.2) is 36.1 Å². The minimum Gasteiger partial charge on any atom is -0.396 e. The van der Waals surface area contributed by atoms with Crippen molar-refractivity contribution in [3.8, 4) is 0 Å². The average molecular weight is 488 g/mol. The first-order valence-electron chi connectivity index (χ1n) is 12.5. The molecule has 188 valence electrons. The molecular weight excluding hydrogens is 453 g/mol. The van der Waals surface area contributed by atoms with E-state index in [1.54, 1.807) is 12.3 Å². The van der Waals surface area contributed by atoms with Crippen LogP contribution in [0.5, 0.6) is 0 Å². The smallest absolute Gasteiger partial charge is 0.248 e. The lowest BCUT2D eigenvalue weighted by Gasteiger charge is -2.09. The van der Waals surface area contributed by atoms with Crippen LogP contribution in [0.4, 0.5) is 10.1 Å². The van der Waals surface area contributed by atoms with E-state index in [1.807, 2.05) is 24.4 Å². The summed E-state index contributed by atoms with van der Waals surface area (Å²) >= 11 is 0. The molecule has 2 aromatic carbocycles. The Kier molecular flexibility index (Phi) is 11.5. The first-order chi connectivity index (χ1) is 17.6. The maximum Gasteiger partial charge on any atom is 0.248 e. The van der Waals surface area contributed by atoms with Gasteiger partial charge in [-0.05, 0) is 79.5 Å². The summed E-state index contributed by atoms with van der Waals surface area (Å²) in [4.78, 5) is 21.4. The largest absolute Gasteiger partial charge is 0.396 e. The van der Waals surface area contributed by atoms with Gasteiger partial charge in [0, 0.05) is 43.0 Å². The second-order valence-corrected chi connectivity index (χ2v) is 8.74. The van der Waals surface area contributed by atoms with E-state index >= 15 is 0 Å². The molecule has 0 spiro atoms. The number of hydrogen-bond donors (Lipinski definition) is 2. The lowest BCUT2D eigenvalue weighted by atomic mass is 9.94. The molecule has 0 fully saturated rings. The zero-order valence-electron chi connectivity index (χ0n) is 20.5. The van der Waals surface area contributed by atoms with Crippen LogP contribution in [0.25, 0.3) is 0 Å². The SMILES string of the molecule is O=C(/C=C/C=C(\C=C\N=C\CCCCCO)C1=NCC(Cc2ccccc2)C1)Nc1ccc(F)cc1. The molecule has 1 amide bonds. The number of aliphatic hydroxyl groups excluding tert-OH is 1. The number of aliphatic imine (C=N–C) groups is 2. The Morgan fingerprint density at radius 2 is 1.89 bits per heavy atom. The molecule has 2 aromatic rings. The monoisotopic (exact) mass is 487 g/mol. The van der Waals surface area contributed by atoms with E-state index in [4.69, 9.17) is 10.1 Å². The van der Waals surface area contributed by atoms with Crippen LogP contribution in [0.15, 0.2) is 101 Å². The molecule has 0 saturated heterocycles. The van der Waals surface area contributed by atoms with E-state index in [2.05, 4.69) is 34.6 Å². The van der Waals surface area contributed by atoms with Gasteiger partial charge < -0.3 is 10.4 Å². The highest BCUT2D eigenvalue weighted by Gasteiger charge is 2.20. The minimum atomic E-state index is -0.348. The number of anilines is 1. The minimum absolute atomic E-state index is 0.230. The van der Waals surface area contributed by atoms with Crippen molar-refractivity contribution in [3.63, 3.8) is 0 Å². The first-order valence-corrected chi connectivity index (χ1v) is 12.5. The molecule has 1 unspecified atom stereocenters. The van der Waals surface area contributed by atoms with E-state index in [-0.39, 0.29) is 18.3 Å². The second kappa shape index (κ2) is 15.4. The highest BCUT2D eigenvalue weighted by atomic mass is 19.1. The Morgan fingerprint density at radius 1 is 1.08 bits per heavy atom. The number of nitrogens with one attached hydrogen (secondary N) is 1. The molecule has 3 rings (SSSR count). The zero-order chi connectivity index (χ0) is 25.4. The third-order valence-electron chi connectivity index (χ3n) is 5.79. The third kappa shape index (κ3) is 9.92. The molecule has 1 aliphatic heterocycles. The van der Waals surface area contributed by atoms with Crippen LogP contribution in [0.3, 0.4) is 0 Å². The van der Waals surface area contributed by atoms with Crippen molar-refractivity contribution in [3.05, 3.63) is 102 Å². The normalized spacial score (nSPS) is 16.3. The number of benzene rings is 2. The first kappa shape index (κ1) is 27.0. The molecule has 1 heterocycles. The number of unbranched alkanes of at least 4 members (excludes halogenated alkanes) is 3. The van der Waals surface area contributed by atoms with Gasteiger partial charge in [-0.25, -0.2) is 4.39 Å². The number of allylic oxidation sites excluding steroid dienone is 4. The quantitative estimate of drug-likeness (QED) is 0.155. The molecule has 6 heteroatoms. The predicted octanol–water partition coefficient (Wildman–Crippen LogP) is 6.09. The van der Waals surface area contributed by atoms with Gasteiger partial charge in [-0.1, -0.05) is 48.9 Å². The van der Waals surface area contributed by atoms with Gasteiger partial charge in [0.1, 0.15) is 5.82 Å². The molecule has 5 nitrogen and oxygen atoms in total. The van der Waals surface area contributed by atoms with E-state index < -0.39 is 0 Å². The maximum atomic E-state index is 13.1. The maximum absolute atomic E-state index is 13.1. The molecule has 0 aromatic heterocycles. The molecule has 0 saturated carbocycles. The van der Waals surface area contributed by atoms with Crippen LogP contribution < -0.4 is 5.32 Å². The molecule has 1 aliphatic rings. The summed E-state index contributed by atoms with van der Waals surface area (Å²) in [6.45, 7) is 1.01. The highest BCUT2D eigenvalue weighted by Crippen LogP contribution is 2.23. The molecule has 36 heavy (non-hydrogen) atoms. The number of carbonyl (C=O) groups excluding carboxylic acids is 1. The van der Waals surface area contributed by atoms with Crippen molar-refractivity contribution < 1.29 is 14.3 Å². The van der Waals surface area contributed by atoms with Crippen LogP contribution in [-0.2, 0) is 11.2 Å². The van der Waals surface area contributed by atoms with E-state index in [0.717, 1.165) is 56.4 Å². The predicted molar refractivity (Wildman–Crippen MR) is 146 cm³/mol. The molecule has 2 N–H and O–H groups in total. The average Bonchev–Trinajstić information content (AvgIpc) is 3.34. The van der Waals surface area contributed by atoms with Crippen LogP contribution in [0.2, 0.25) is 0 Å². The lowest BCUT2D eigenvalue weighted by molar-refractivity contribution is -0.111. The number of nitrogens with zero attached hydrogens (tertiary/aromatic N) is 2. The Bertz CT molecular complexity index is 1100. The fourth-order valence-electron chi connectivity index (χ4n) is 3.92. The summed E-state index contributed by atoms with van der Waals surface area (Å²) in [6, 6.07) is 16.1. The Balaban J connectivity index is 1.62. The van der Waals surface area contributed by atoms with Gasteiger partial charge in [0.2, 0.25) is 5.91 Å². The van der Waals surface area contributed by atoms with Crippen LogP contribution >= 0.6 is 0 Å². The van der Waals surface area contributed by atoms with E-state index in [9.17, 15) is 9.18 Å². The highest BCUT2D eigenvalue weighted by molar-refractivity contribution is 6.04. The fraction of sp³-hybridized carbons (Fsp3) is 0.300. The summed E-state index contributed by atoms with van der Waals surface area (Å²) in [7, 11) is 0. The number of amides is 1. The molecule has 1 atom stereocenters. The van der Waals surface area contributed by atoms with Gasteiger partial charge in [-0.15, -0.1) is 0 Å². The van der Waals surface area contributed by atoms with Crippen LogP contribution in [0.1, 0.15) is 37.7 Å². The van der Waals surface area contributed by atoms with Crippen molar-refractivity contribution in [2.75, 3.05) is 18.5 Å². The number of carbonyl (C=O) groups is 1. The van der Waals surface area contributed by atoms with Crippen molar-refractivity contribution in [2.24, 2.45) is 15.9 Å². The number of aliphatic hydroxyl groups is 1. The Hall–Kier alpha value is -3.64. The van der Waals surface area contributed by atoms with Crippen molar-refractivity contribution >= 4 is 23.5 Å². The lowest BCUT2D eigenvalue weighted by Crippen LogP contribution is -2.08. The van der Waals surface area contributed by atoms with Gasteiger partial charge in [0.05, 0.1) is 0 Å². The van der Waals surface area contributed by atoms with Crippen molar-refractivity contribution in [2.45, 2.75) is 38.5 Å².